The first-order chi connectivity index (χ1) is 17.0. The van der Waals surface area contributed by atoms with Gasteiger partial charge in [0, 0.05) is 16.1 Å². The average molecular weight is 491 g/mol. The number of benzene rings is 2. The van der Waals surface area contributed by atoms with Gasteiger partial charge in [0.15, 0.2) is 11.5 Å². The van der Waals surface area contributed by atoms with Crippen molar-refractivity contribution in [1.82, 2.24) is 5.01 Å². The second kappa shape index (κ2) is 9.70. The largest absolute Gasteiger partial charge is 0.490 e. The lowest BCUT2D eigenvalue weighted by Gasteiger charge is -2.17. The summed E-state index contributed by atoms with van der Waals surface area (Å²) in [5.74, 6) is 0.511. The fraction of sp³-hybridized carbons (Fsp3) is 0.321. The molecule has 0 spiro atoms. The molecule has 6 nitrogen and oxygen atoms in total. The van der Waals surface area contributed by atoms with Gasteiger partial charge < -0.3 is 9.47 Å². The normalized spacial score (nSPS) is 24.5. The molecule has 1 heterocycles. The van der Waals surface area contributed by atoms with E-state index in [-0.39, 0.29) is 42.1 Å². The summed E-state index contributed by atoms with van der Waals surface area (Å²) in [6, 6.07) is 11.2. The molecule has 35 heavy (non-hydrogen) atoms. The first-order valence-corrected chi connectivity index (χ1v) is 12.3. The summed E-state index contributed by atoms with van der Waals surface area (Å²) >= 11 is 6.29. The van der Waals surface area contributed by atoms with Gasteiger partial charge in [-0.1, -0.05) is 48.0 Å². The first-order valence-electron chi connectivity index (χ1n) is 11.9. The highest BCUT2D eigenvalue weighted by Crippen LogP contribution is 2.52. The van der Waals surface area contributed by atoms with E-state index in [9.17, 15) is 9.59 Å². The van der Waals surface area contributed by atoms with E-state index in [1.807, 2.05) is 37.3 Å². The molecule has 1 saturated heterocycles. The van der Waals surface area contributed by atoms with Gasteiger partial charge in [-0.15, -0.1) is 6.58 Å². The molecular weight excluding hydrogens is 464 g/mol. The minimum absolute atomic E-state index is 0.153. The minimum atomic E-state index is -0.273. The van der Waals surface area contributed by atoms with Crippen LogP contribution in [0, 0.1) is 23.7 Å². The maximum Gasteiger partial charge on any atom is 0.254 e. The Hall–Kier alpha value is -3.38. The zero-order valence-corrected chi connectivity index (χ0v) is 20.3. The molecule has 180 valence electrons. The Morgan fingerprint density at radius 1 is 1.09 bits per heavy atom. The molecule has 2 aliphatic carbocycles. The maximum atomic E-state index is 12.9. The van der Waals surface area contributed by atoms with Gasteiger partial charge in [0.05, 0.1) is 24.7 Å². The van der Waals surface area contributed by atoms with E-state index >= 15 is 0 Å². The quantitative estimate of drug-likeness (QED) is 0.276. The average Bonchev–Trinajstić information content (AvgIpc) is 3.53. The number of carbonyl (C=O) groups is 2. The van der Waals surface area contributed by atoms with Crippen molar-refractivity contribution in [2.24, 2.45) is 28.8 Å². The van der Waals surface area contributed by atoms with Crippen molar-refractivity contribution in [3.63, 3.8) is 0 Å². The van der Waals surface area contributed by atoms with Crippen molar-refractivity contribution in [3.8, 4) is 11.5 Å². The second-order valence-corrected chi connectivity index (χ2v) is 9.45. The number of imide groups is 1. The highest BCUT2D eigenvalue weighted by atomic mass is 35.5. The second-order valence-electron chi connectivity index (χ2n) is 9.05. The van der Waals surface area contributed by atoms with Crippen LogP contribution in [-0.4, -0.2) is 29.6 Å². The van der Waals surface area contributed by atoms with Crippen LogP contribution in [0.2, 0.25) is 5.02 Å². The summed E-state index contributed by atoms with van der Waals surface area (Å²) in [5, 5.41) is 6.00. The Balaban J connectivity index is 1.41. The number of nitrogens with zero attached hydrogens (tertiary/aromatic N) is 2. The van der Waals surface area contributed by atoms with Crippen LogP contribution in [0.1, 0.15) is 30.0 Å². The standard InChI is InChI=1S/C28H27ClN2O4/c1-3-7-20-12-17(13-23(34-4-2)26(20)35-16-21-8-5-6-9-22(21)29)15-30-31-27(32)24-18-10-11-19(14-18)25(24)28(31)33/h3,5-6,8-13,15,18-19,24-25H,1,4,7,14,16H2,2H3. The maximum absolute atomic E-state index is 12.9. The molecule has 0 radical (unpaired) electrons. The Labute approximate surface area is 209 Å². The van der Waals surface area contributed by atoms with Crippen LogP contribution in [0.3, 0.4) is 0 Å². The number of hydrogen-bond acceptors (Lipinski definition) is 5. The fourth-order valence-corrected chi connectivity index (χ4v) is 5.57. The van der Waals surface area contributed by atoms with E-state index in [0.29, 0.717) is 35.1 Å². The Kier molecular flexibility index (Phi) is 6.48. The lowest BCUT2D eigenvalue weighted by molar-refractivity contribution is -0.140. The van der Waals surface area contributed by atoms with Crippen molar-refractivity contribution >= 4 is 29.6 Å². The van der Waals surface area contributed by atoms with E-state index in [1.54, 1.807) is 18.4 Å². The van der Waals surface area contributed by atoms with Crippen molar-refractivity contribution in [3.05, 3.63) is 82.9 Å². The molecule has 2 fully saturated rings. The Morgan fingerprint density at radius 2 is 1.80 bits per heavy atom. The number of amides is 2. The van der Waals surface area contributed by atoms with Crippen LogP contribution >= 0.6 is 11.6 Å². The third kappa shape index (κ3) is 4.27. The van der Waals surface area contributed by atoms with Crippen molar-refractivity contribution in [2.75, 3.05) is 6.61 Å². The molecule has 4 unspecified atom stereocenters. The van der Waals surface area contributed by atoms with Gasteiger partial charge >= 0.3 is 0 Å². The molecule has 5 rings (SSSR count). The first kappa shape index (κ1) is 23.4. The lowest BCUT2D eigenvalue weighted by Crippen LogP contribution is -2.28. The molecule has 3 aliphatic rings. The van der Waals surface area contributed by atoms with Crippen molar-refractivity contribution in [1.29, 1.82) is 0 Å². The highest BCUT2D eigenvalue weighted by molar-refractivity contribution is 6.31. The monoisotopic (exact) mass is 490 g/mol. The number of hydrogen-bond donors (Lipinski definition) is 0. The molecule has 2 amide bonds. The summed E-state index contributed by atoms with van der Waals surface area (Å²) in [6.45, 7) is 6.49. The molecule has 2 aromatic rings. The molecule has 1 aliphatic heterocycles. The highest BCUT2D eigenvalue weighted by Gasteiger charge is 2.59. The Morgan fingerprint density at radius 3 is 2.46 bits per heavy atom. The third-order valence-electron chi connectivity index (χ3n) is 6.92. The van der Waals surface area contributed by atoms with E-state index in [2.05, 4.69) is 23.8 Å². The van der Waals surface area contributed by atoms with Crippen LogP contribution < -0.4 is 9.47 Å². The summed E-state index contributed by atoms with van der Waals surface area (Å²) in [5.41, 5.74) is 2.43. The van der Waals surface area contributed by atoms with E-state index < -0.39 is 0 Å². The van der Waals surface area contributed by atoms with Crippen LogP contribution in [0.25, 0.3) is 0 Å². The summed E-state index contributed by atoms with van der Waals surface area (Å²) in [4.78, 5) is 25.9. The molecule has 0 aromatic heterocycles. The smallest absolute Gasteiger partial charge is 0.254 e. The number of fused-ring (bicyclic) bond motifs is 5. The molecule has 4 atom stereocenters. The molecule has 2 bridgehead atoms. The van der Waals surface area contributed by atoms with E-state index in [0.717, 1.165) is 22.6 Å². The van der Waals surface area contributed by atoms with Gasteiger partial charge in [-0.3, -0.25) is 9.59 Å². The zero-order chi connectivity index (χ0) is 24.5. The summed E-state index contributed by atoms with van der Waals surface area (Å²) in [6.07, 6.45) is 8.90. The number of carbonyl (C=O) groups excluding carboxylic acids is 2. The van der Waals surface area contributed by atoms with Crippen LogP contribution in [0.15, 0.2) is 66.3 Å². The predicted octanol–water partition coefficient (Wildman–Crippen LogP) is 5.19. The van der Waals surface area contributed by atoms with Gasteiger partial charge in [-0.25, -0.2) is 0 Å². The number of rotatable bonds is 9. The van der Waals surface area contributed by atoms with Gasteiger partial charge in [0.1, 0.15) is 6.61 Å². The zero-order valence-electron chi connectivity index (χ0n) is 19.5. The van der Waals surface area contributed by atoms with Gasteiger partial charge in [0.25, 0.3) is 11.8 Å². The van der Waals surface area contributed by atoms with E-state index in [1.165, 1.54) is 0 Å². The van der Waals surface area contributed by atoms with Crippen molar-refractivity contribution in [2.45, 2.75) is 26.4 Å². The number of hydrazone groups is 1. The Bertz CT molecular complexity index is 1210. The topological polar surface area (TPSA) is 68.2 Å². The lowest BCUT2D eigenvalue weighted by atomic mass is 9.85. The molecule has 7 heteroatoms. The third-order valence-corrected chi connectivity index (χ3v) is 7.29. The van der Waals surface area contributed by atoms with Gasteiger partial charge in [-0.2, -0.15) is 10.1 Å². The molecule has 1 saturated carbocycles. The number of ether oxygens (including phenoxy) is 2. The fourth-order valence-electron chi connectivity index (χ4n) is 5.38. The molecular formula is C28H27ClN2O4. The predicted molar refractivity (Wildman–Crippen MR) is 134 cm³/mol. The minimum Gasteiger partial charge on any atom is -0.490 e. The van der Waals surface area contributed by atoms with Gasteiger partial charge in [0.2, 0.25) is 0 Å². The number of allylic oxidation sites excluding steroid dienone is 3. The summed E-state index contributed by atoms with van der Waals surface area (Å²) in [7, 11) is 0. The SMILES string of the molecule is C=CCc1cc(C=NN2C(=O)C3C4C=CC(C4)C3C2=O)cc(OCC)c1OCc1ccccc1Cl. The molecule has 0 N–H and O–H groups in total. The molecule has 2 aromatic carbocycles. The van der Waals surface area contributed by atoms with Gasteiger partial charge in [-0.05, 0) is 55.4 Å². The van der Waals surface area contributed by atoms with Crippen molar-refractivity contribution < 1.29 is 19.1 Å². The number of halogens is 1. The van der Waals surface area contributed by atoms with Crippen LogP contribution in [0.5, 0.6) is 11.5 Å². The van der Waals surface area contributed by atoms with Crippen LogP contribution in [0.4, 0.5) is 0 Å². The summed E-state index contributed by atoms with van der Waals surface area (Å²) < 4.78 is 12.0. The van der Waals surface area contributed by atoms with Crippen LogP contribution in [-0.2, 0) is 22.6 Å². The van der Waals surface area contributed by atoms with E-state index in [4.69, 9.17) is 21.1 Å².